The number of aryl methyl sites for hydroxylation is 2. The summed E-state index contributed by atoms with van der Waals surface area (Å²) in [7, 11) is 2.97. The predicted molar refractivity (Wildman–Crippen MR) is 114 cm³/mol. The Bertz CT molecular complexity index is 1070. The highest BCUT2D eigenvalue weighted by molar-refractivity contribution is 7.08. The van der Waals surface area contributed by atoms with Crippen LogP contribution in [0, 0.1) is 6.92 Å². The summed E-state index contributed by atoms with van der Waals surface area (Å²) in [6, 6.07) is 8.43. The molecule has 2 heterocycles. The average molecular weight is 426 g/mol. The first-order valence-corrected chi connectivity index (χ1v) is 10.1. The fourth-order valence-corrected chi connectivity index (χ4v) is 3.63. The van der Waals surface area contributed by atoms with Gasteiger partial charge >= 0.3 is 5.97 Å². The molecule has 2 aromatic heterocycles. The summed E-state index contributed by atoms with van der Waals surface area (Å²) in [6.45, 7) is 2.01. The number of benzene rings is 1. The van der Waals surface area contributed by atoms with Gasteiger partial charge in [-0.25, -0.2) is 4.79 Å². The highest BCUT2D eigenvalue weighted by atomic mass is 32.1. The Morgan fingerprint density at radius 1 is 1.17 bits per heavy atom. The molecule has 0 aliphatic carbocycles. The van der Waals surface area contributed by atoms with Gasteiger partial charge in [0.1, 0.15) is 5.69 Å². The van der Waals surface area contributed by atoms with E-state index in [1.54, 1.807) is 32.2 Å². The van der Waals surface area contributed by atoms with Crippen molar-refractivity contribution in [2.24, 2.45) is 7.05 Å². The highest BCUT2D eigenvalue weighted by Crippen LogP contribution is 2.18. The number of hydrogen-bond donors (Lipinski definition) is 2. The van der Waals surface area contributed by atoms with E-state index in [2.05, 4.69) is 15.7 Å². The van der Waals surface area contributed by atoms with Crippen molar-refractivity contribution in [3.63, 3.8) is 0 Å². The van der Waals surface area contributed by atoms with Crippen LogP contribution in [0.5, 0.6) is 0 Å². The number of carbonyl (C=O) groups is 3. The minimum Gasteiger partial charge on any atom is -0.465 e. The second kappa shape index (κ2) is 9.36. The Kier molecular flexibility index (Phi) is 6.63. The molecule has 0 aliphatic rings. The maximum absolute atomic E-state index is 12.6. The quantitative estimate of drug-likeness (QED) is 0.566. The third kappa shape index (κ3) is 5.32. The van der Waals surface area contributed by atoms with Gasteiger partial charge in [0, 0.05) is 19.3 Å². The first-order valence-electron chi connectivity index (χ1n) is 9.17. The van der Waals surface area contributed by atoms with E-state index in [4.69, 9.17) is 4.74 Å². The number of esters is 1. The third-order valence-electron chi connectivity index (χ3n) is 4.34. The number of aromatic nitrogens is 2. The number of nitrogens with zero attached hydrogens (tertiary/aromatic N) is 2. The first kappa shape index (κ1) is 21.3. The molecule has 156 valence electrons. The number of hydrogen-bond acceptors (Lipinski definition) is 6. The molecule has 0 fully saturated rings. The van der Waals surface area contributed by atoms with Crippen molar-refractivity contribution in [3.8, 4) is 0 Å². The minimum absolute atomic E-state index is 0.132. The van der Waals surface area contributed by atoms with E-state index < -0.39 is 5.97 Å². The summed E-state index contributed by atoms with van der Waals surface area (Å²) in [4.78, 5) is 36.8. The molecule has 8 nitrogen and oxygen atoms in total. The van der Waals surface area contributed by atoms with Crippen LogP contribution in [-0.2, 0) is 29.5 Å². The molecule has 2 amide bonds. The largest absolute Gasteiger partial charge is 0.465 e. The molecule has 9 heteroatoms. The number of thiophene rings is 1. The lowest BCUT2D eigenvalue weighted by Crippen LogP contribution is -2.24. The van der Waals surface area contributed by atoms with Crippen molar-refractivity contribution < 1.29 is 19.1 Å². The molecule has 2 N–H and O–H groups in total. The SMILES string of the molecule is COC(=O)c1cc(CNC(=O)Cc2ccsc2)cc(NC(=O)c2cc(C)nn2C)c1. The number of amides is 2. The van der Waals surface area contributed by atoms with Crippen molar-refractivity contribution in [1.82, 2.24) is 15.1 Å². The fourth-order valence-electron chi connectivity index (χ4n) is 2.96. The van der Waals surface area contributed by atoms with E-state index >= 15 is 0 Å². The van der Waals surface area contributed by atoms with Gasteiger partial charge in [-0.1, -0.05) is 0 Å². The summed E-state index contributed by atoms with van der Waals surface area (Å²) >= 11 is 1.53. The van der Waals surface area contributed by atoms with Crippen LogP contribution in [-0.4, -0.2) is 34.7 Å². The number of methoxy groups -OCH3 is 1. The lowest BCUT2D eigenvalue weighted by Gasteiger charge is -2.11. The summed E-state index contributed by atoms with van der Waals surface area (Å²) in [5, 5.41) is 13.6. The Hall–Kier alpha value is -3.46. The Morgan fingerprint density at radius 3 is 2.60 bits per heavy atom. The van der Waals surface area contributed by atoms with Gasteiger partial charge in [0.05, 0.1) is 24.8 Å². The second-order valence-electron chi connectivity index (χ2n) is 6.74. The maximum Gasteiger partial charge on any atom is 0.337 e. The molecule has 0 saturated heterocycles. The zero-order valence-electron chi connectivity index (χ0n) is 16.9. The molecule has 0 unspecified atom stereocenters. The standard InChI is InChI=1S/C21H22N4O4S/c1-13-6-18(25(2)24-13)20(27)23-17-8-15(7-16(10-17)21(28)29-3)11-22-19(26)9-14-4-5-30-12-14/h4-8,10,12H,9,11H2,1-3H3,(H,22,26)(H,23,27). The van der Waals surface area contributed by atoms with Crippen LogP contribution in [0.3, 0.4) is 0 Å². The van der Waals surface area contributed by atoms with Crippen molar-refractivity contribution >= 4 is 34.8 Å². The van der Waals surface area contributed by atoms with Crippen molar-refractivity contribution in [1.29, 1.82) is 0 Å². The molecule has 0 atom stereocenters. The minimum atomic E-state index is -0.534. The predicted octanol–water partition coefficient (Wildman–Crippen LogP) is 2.69. The van der Waals surface area contributed by atoms with E-state index in [9.17, 15) is 14.4 Å². The second-order valence-corrected chi connectivity index (χ2v) is 7.52. The molecular weight excluding hydrogens is 404 g/mol. The number of anilines is 1. The van der Waals surface area contributed by atoms with E-state index in [-0.39, 0.29) is 30.3 Å². The van der Waals surface area contributed by atoms with Crippen LogP contribution >= 0.6 is 11.3 Å². The Morgan fingerprint density at radius 2 is 1.97 bits per heavy atom. The molecule has 3 aromatic rings. The molecule has 0 radical (unpaired) electrons. The van der Waals surface area contributed by atoms with Crippen LogP contribution < -0.4 is 10.6 Å². The fraction of sp³-hybridized carbons (Fsp3) is 0.238. The van der Waals surface area contributed by atoms with Gasteiger partial charge in [0.2, 0.25) is 5.91 Å². The topological polar surface area (TPSA) is 102 Å². The smallest absolute Gasteiger partial charge is 0.337 e. The maximum atomic E-state index is 12.6. The number of nitrogens with one attached hydrogen (secondary N) is 2. The number of rotatable bonds is 7. The van der Waals surface area contributed by atoms with E-state index in [0.717, 1.165) is 11.3 Å². The van der Waals surface area contributed by atoms with Gasteiger partial charge in [-0.05, 0) is 59.1 Å². The summed E-state index contributed by atoms with van der Waals surface area (Å²) in [6.07, 6.45) is 0.281. The number of ether oxygens (including phenoxy) is 1. The lowest BCUT2D eigenvalue weighted by atomic mass is 10.1. The number of carbonyl (C=O) groups excluding carboxylic acids is 3. The van der Waals surface area contributed by atoms with Gasteiger partial charge in [0.15, 0.2) is 0 Å². The van der Waals surface area contributed by atoms with E-state index in [0.29, 0.717) is 16.9 Å². The molecule has 0 spiro atoms. The van der Waals surface area contributed by atoms with E-state index in [1.165, 1.54) is 29.2 Å². The molecule has 0 bridgehead atoms. The third-order valence-corrected chi connectivity index (χ3v) is 5.07. The molecule has 1 aromatic carbocycles. The highest BCUT2D eigenvalue weighted by Gasteiger charge is 2.15. The lowest BCUT2D eigenvalue weighted by molar-refractivity contribution is -0.120. The average Bonchev–Trinajstić information content (AvgIpc) is 3.34. The molecule has 0 saturated carbocycles. The van der Waals surface area contributed by atoms with Crippen molar-refractivity contribution in [2.45, 2.75) is 19.9 Å². The van der Waals surface area contributed by atoms with Crippen molar-refractivity contribution in [2.75, 3.05) is 12.4 Å². The van der Waals surface area contributed by atoms with Crippen LogP contribution in [0.25, 0.3) is 0 Å². The Balaban J connectivity index is 1.76. The summed E-state index contributed by atoms with van der Waals surface area (Å²) < 4.78 is 6.29. The monoisotopic (exact) mass is 426 g/mol. The van der Waals surface area contributed by atoms with Crippen LogP contribution in [0.2, 0.25) is 0 Å². The first-order chi connectivity index (χ1) is 14.4. The molecule has 30 heavy (non-hydrogen) atoms. The van der Waals surface area contributed by atoms with Gasteiger partial charge in [-0.2, -0.15) is 16.4 Å². The van der Waals surface area contributed by atoms with Gasteiger partial charge < -0.3 is 15.4 Å². The molecule has 3 rings (SSSR count). The van der Waals surface area contributed by atoms with E-state index in [1.807, 2.05) is 16.8 Å². The molecule has 0 aliphatic heterocycles. The Labute approximate surface area is 177 Å². The van der Waals surface area contributed by atoms with Crippen LogP contribution in [0.15, 0.2) is 41.1 Å². The zero-order chi connectivity index (χ0) is 21.7. The molecular formula is C21H22N4O4S. The van der Waals surface area contributed by atoms with Crippen molar-refractivity contribution in [3.05, 3.63) is 69.2 Å². The normalized spacial score (nSPS) is 10.5. The van der Waals surface area contributed by atoms with Crippen LogP contribution in [0.1, 0.15) is 37.7 Å². The van der Waals surface area contributed by atoms with Crippen LogP contribution in [0.4, 0.5) is 5.69 Å². The van der Waals surface area contributed by atoms with Gasteiger partial charge in [0.25, 0.3) is 5.91 Å². The van der Waals surface area contributed by atoms with Gasteiger partial charge in [-0.3, -0.25) is 14.3 Å². The van der Waals surface area contributed by atoms with Gasteiger partial charge in [-0.15, -0.1) is 0 Å². The summed E-state index contributed by atoms with van der Waals surface area (Å²) in [5.74, 6) is -1.02. The zero-order valence-corrected chi connectivity index (χ0v) is 17.7. The summed E-state index contributed by atoms with van der Waals surface area (Å²) in [5.41, 5.74) is 3.41.